The second-order valence-electron chi connectivity index (χ2n) is 7.07. The number of rotatable bonds is 11. The largest absolute Gasteiger partial charge is 0.494 e. The molecule has 0 fully saturated rings. The van der Waals surface area contributed by atoms with E-state index >= 15 is 0 Å². The Balaban J connectivity index is 1.71. The van der Waals surface area contributed by atoms with Gasteiger partial charge in [-0.25, -0.2) is 0 Å². The second kappa shape index (κ2) is 11.3. The van der Waals surface area contributed by atoms with E-state index in [9.17, 15) is 4.79 Å². The molecule has 0 aliphatic rings. The van der Waals surface area contributed by atoms with E-state index in [0.29, 0.717) is 0 Å². The Bertz CT molecular complexity index is 691. The number of nitrogens with one attached hydrogen (secondary N) is 2. The van der Waals surface area contributed by atoms with Crippen molar-refractivity contribution in [2.75, 3.05) is 23.8 Å². The summed E-state index contributed by atoms with van der Waals surface area (Å²) in [6, 6.07) is 13.7. The van der Waals surface area contributed by atoms with Gasteiger partial charge in [-0.15, -0.1) is 0 Å². The summed E-state index contributed by atoms with van der Waals surface area (Å²) >= 11 is 0. The van der Waals surface area contributed by atoms with E-state index in [0.717, 1.165) is 30.2 Å². The molecule has 0 spiro atoms. The van der Waals surface area contributed by atoms with Crippen LogP contribution in [0.25, 0.3) is 0 Å². The number of unbranched alkanes of at least 4 members (excludes halogenated alkanes) is 4. The van der Waals surface area contributed by atoms with Crippen LogP contribution in [0.15, 0.2) is 42.5 Å². The highest BCUT2D eigenvalue weighted by molar-refractivity contribution is 5.93. The van der Waals surface area contributed by atoms with E-state index in [-0.39, 0.29) is 12.5 Å². The van der Waals surface area contributed by atoms with E-state index in [1.54, 1.807) is 0 Å². The molecule has 0 aromatic heterocycles. The first-order valence-corrected chi connectivity index (χ1v) is 9.91. The van der Waals surface area contributed by atoms with Crippen molar-refractivity contribution in [2.24, 2.45) is 0 Å². The normalized spacial score (nSPS) is 10.5. The lowest BCUT2D eigenvalue weighted by Crippen LogP contribution is -2.21. The molecule has 0 unspecified atom stereocenters. The van der Waals surface area contributed by atoms with E-state index in [4.69, 9.17) is 4.74 Å². The molecule has 2 N–H and O–H groups in total. The Labute approximate surface area is 163 Å². The van der Waals surface area contributed by atoms with Crippen LogP contribution in [0, 0.1) is 13.8 Å². The molecule has 0 aliphatic heterocycles. The van der Waals surface area contributed by atoms with E-state index < -0.39 is 0 Å². The molecule has 2 aromatic carbocycles. The molecular formula is C23H32N2O2. The number of carbonyl (C=O) groups excluding carboxylic acids is 1. The maximum atomic E-state index is 12.1. The first-order chi connectivity index (χ1) is 13.1. The summed E-state index contributed by atoms with van der Waals surface area (Å²) in [5.74, 6) is 0.774. The fourth-order valence-corrected chi connectivity index (χ4v) is 2.99. The molecule has 0 saturated carbocycles. The minimum absolute atomic E-state index is 0.0706. The van der Waals surface area contributed by atoms with Crippen molar-refractivity contribution < 1.29 is 9.53 Å². The van der Waals surface area contributed by atoms with Gasteiger partial charge in [-0.2, -0.15) is 0 Å². The molecule has 0 radical (unpaired) electrons. The van der Waals surface area contributed by atoms with Crippen LogP contribution in [0.3, 0.4) is 0 Å². The smallest absolute Gasteiger partial charge is 0.243 e. The van der Waals surface area contributed by atoms with Gasteiger partial charge in [-0.3, -0.25) is 4.79 Å². The summed E-state index contributed by atoms with van der Waals surface area (Å²) in [6.45, 7) is 7.30. The lowest BCUT2D eigenvalue weighted by atomic mass is 10.1. The number of amides is 1. The summed E-state index contributed by atoms with van der Waals surface area (Å²) in [5.41, 5.74) is 4.10. The minimum Gasteiger partial charge on any atom is -0.494 e. The highest BCUT2D eigenvalue weighted by Crippen LogP contribution is 2.17. The topological polar surface area (TPSA) is 50.4 Å². The molecular weight excluding hydrogens is 336 g/mol. The zero-order chi connectivity index (χ0) is 19.5. The quantitative estimate of drug-likeness (QED) is 0.500. The molecule has 146 valence electrons. The Kier molecular flexibility index (Phi) is 8.69. The van der Waals surface area contributed by atoms with Gasteiger partial charge in [-0.05, 0) is 67.8 Å². The molecule has 0 atom stereocenters. The maximum Gasteiger partial charge on any atom is 0.243 e. The van der Waals surface area contributed by atoms with Gasteiger partial charge in [0.05, 0.1) is 13.2 Å². The van der Waals surface area contributed by atoms with Crippen LogP contribution in [0.5, 0.6) is 5.75 Å². The Morgan fingerprint density at radius 1 is 0.889 bits per heavy atom. The van der Waals surface area contributed by atoms with Crippen LogP contribution in [0.2, 0.25) is 0 Å². The number of benzene rings is 2. The van der Waals surface area contributed by atoms with Crippen LogP contribution in [-0.2, 0) is 4.79 Å². The summed E-state index contributed by atoms with van der Waals surface area (Å²) in [6.07, 6.45) is 6.14. The second-order valence-corrected chi connectivity index (χ2v) is 7.07. The van der Waals surface area contributed by atoms with Gasteiger partial charge < -0.3 is 15.4 Å². The zero-order valence-corrected chi connectivity index (χ0v) is 16.8. The third-order valence-corrected chi connectivity index (χ3v) is 4.33. The number of aryl methyl sites for hydroxylation is 2. The number of ether oxygens (including phenoxy) is 1. The molecule has 4 heteroatoms. The first-order valence-electron chi connectivity index (χ1n) is 9.91. The predicted molar refractivity (Wildman–Crippen MR) is 114 cm³/mol. The van der Waals surface area contributed by atoms with Crippen LogP contribution in [0.1, 0.15) is 50.2 Å². The molecule has 27 heavy (non-hydrogen) atoms. The van der Waals surface area contributed by atoms with Gasteiger partial charge in [0.1, 0.15) is 5.75 Å². The average Bonchev–Trinajstić information content (AvgIpc) is 2.63. The summed E-state index contributed by atoms with van der Waals surface area (Å²) in [7, 11) is 0. The molecule has 1 amide bonds. The van der Waals surface area contributed by atoms with Gasteiger partial charge in [-0.1, -0.05) is 38.7 Å². The van der Waals surface area contributed by atoms with Crippen LogP contribution < -0.4 is 15.4 Å². The van der Waals surface area contributed by atoms with Crippen molar-refractivity contribution in [3.05, 3.63) is 53.6 Å². The molecule has 0 aliphatic carbocycles. The average molecular weight is 369 g/mol. The van der Waals surface area contributed by atoms with Gasteiger partial charge in [0, 0.05) is 11.4 Å². The first kappa shape index (κ1) is 20.8. The highest BCUT2D eigenvalue weighted by atomic mass is 16.5. The highest BCUT2D eigenvalue weighted by Gasteiger charge is 2.04. The number of hydrogen-bond acceptors (Lipinski definition) is 3. The zero-order valence-electron chi connectivity index (χ0n) is 16.8. The van der Waals surface area contributed by atoms with Gasteiger partial charge >= 0.3 is 0 Å². The molecule has 4 nitrogen and oxygen atoms in total. The van der Waals surface area contributed by atoms with Crippen molar-refractivity contribution in [3.63, 3.8) is 0 Å². The monoisotopic (exact) mass is 368 g/mol. The summed E-state index contributed by atoms with van der Waals surface area (Å²) in [5, 5.41) is 6.07. The lowest BCUT2D eigenvalue weighted by molar-refractivity contribution is -0.114. The third kappa shape index (κ3) is 8.16. The number of hydrogen-bond donors (Lipinski definition) is 2. The Morgan fingerprint density at radius 2 is 1.56 bits per heavy atom. The van der Waals surface area contributed by atoms with Crippen molar-refractivity contribution in [1.82, 2.24) is 0 Å². The molecule has 2 aromatic rings. The van der Waals surface area contributed by atoms with Crippen LogP contribution >= 0.6 is 0 Å². The van der Waals surface area contributed by atoms with Crippen LogP contribution in [-0.4, -0.2) is 19.1 Å². The lowest BCUT2D eigenvalue weighted by Gasteiger charge is -2.10. The predicted octanol–water partition coefficient (Wildman–Crippen LogP) is 5.70. The molecule has 0 heterocycles. The SMILES string of the molecule is CCCCCCCOc1ccc(NC(=O)CNc2cc(C)cc(C)c2)cc1. The minimum atomic E-state index is -0.0706. The van der Waals surface area contributed by atoms with E-state index in [2.05, 4.69) is 23.6 Å². The molecule has 0 saturated heterocycles. The van der Waals surface area contributed by atoms with Crippen molar-refractivity contribution in [2.45, 2.75) is 52.9 Å². The van der Waals surface area contributed by atoms with Gasteiger partial charge in [0.2, 0.25) is 5.91 Å². The van der Waals surface area contributed by atoms with E-state index in [1.165, 1.54) is 36.8 Å². The Hall–Kier alpha value is -2.49. The van der Waals surface area contributed by atoms with Crippen molar-refractivity contribution in [3.8, 4) is 5.75 Å². The third-order valence-electron chi connectivity index (χ3n) is 4.33. The van der Waals surface area contributed by atoms with Crippen LogP contribution in [0.4, 0.5) is 11.4 Å². The summed E-state index contributed by atoms with van der Waals surface area (Å²) in [4.78, 5) is 12.1. The van der Waals surface area contributed by atoms with Gasteiger partial charge in [0.25, 0.3) is 0 Å². The van der Waals surface area contributed by atoms with Crippen molar-refractivity contribution >= 4 is 17.3 Å². The fourth-order valence-electron chi connectivity index (χ4n) is 2.99. The number of anilines is 2. The summed E-state index contributed by atoms with van der Waals surface area (Å²) < 4.78 is 5.75. The number of carbonyl (C=O) groups is 1. The maximum absolute atomic E-state index is 12.1. The standard InChI is InChI=1S/C23H32N2O2/c1-4-5-6-7-8-13-27-22-11-9-20(10-12-22)25-23(26)17-24-21-15-18(2)14-19(3)16-21/h9-12,14-16,24H,4-8,13,17H2,1-3H3,(H,25,26). The molecule has 2 rings (SSSR count). The Morgan fingerprint density at radius 3 is 2.22 bits per heavy atom. The molecule has 0 bridgehead atoms. The fraction of sp³-hybridized carbons (Fsp3) is 0.435. The van der Waals surface area contributed by atoms with Crippen molar-refractivity contribution in [1.29, 1.82) is 0 Å². The van der Waals surface area contributed by atoms with Gasteiger partial charge in [0.15, 0.2) is 0 Å². The van der Waals surface area contributed by atoms with E-state index in [1.807, 2.05) is 50.2 Å².